The molecule has 2 aliphatic rings. The number of nitrogens with zero attached hydrogens (tertiary/aromatic N) is 3. The van der Waals surface area contributed by atoms with Gasteiger partial charge in [0, 0.05) is 52.0 Å². The van der Waals surface area contributed by atoms with Crippen LogP contribution in [0.25, 0.3) is 22.2 Å². The number of fused-ring (bicyclic) bond motifs is 1. The molecule has 0 radical (unpaired) electrons. The molecule has 3 N–H and O–H groups in total. The van der Waals surface area contributed by atoms with Crippen molar-refractivity contribution in [1.29, 1.82) is 0 Å². The fourth-order valence-corrected chi connectivity index (χ4v) is 6.93. The van der Waals surface area contributed by atoms with Crippen molar-refractivity contribution in [3.05, 3.63) is 83.4 Å². The number of piperidine rings is 1. The normalized spacial score (nSPS) is 21.2. The van der Waals surface area contributed by atoms with Gasteiger partial charge in [-0.3, -0.25) is 14.4 Å². The van der Waals surface area contributed by atoms with E-state index >= 15 is 0 Å². The number of nitrogens with one attached hydrogen (secondary N) is 2. The first-order valence-corrected chi connectivity index (χ1v) is 17.5. The number of carbonyl (C=O) groups is 2. The number of carbonyl (C=O) groups excluding carboxylic acids is 2. The zero-order chi connectivity index (χ0) is 39.5. The minimum absolute atomic E-state index is 0.0406. The first-order chi connectivity index (χ1) is 25.1. The lowest BCUT2D eigenvalue weighted by Crippen LogP contribution is -2.49. The van der Waals surface area contributed by atoms with Crippen molar-refractivity contribution in [2.45, 2.75) is 63.6 Å². The number of aryl methyl sites for hydroxylation is 2. The molecule has 4 aromatic rings. The summed E-state index contributed by atoms with van der Waals surface area (Å²) in [6.07, 6.45) is -1.67. The number of likely N-dealkylation sites (tertiary alicyclic amines) is 1. The van der Waals surface area contributed by atoms with E-state index in [1.807, 2.05) is 19.3 Å². The number of aldehydes is 1. The molecule has 1 aliphatic heterocycles. The van der Waals surface area contributed by atoms with Crippen LogP contribution >= 0.6 is 12.8 Å². The summed E-state index contributed by atoms with van der Waals surface area (Å²) in [5.41, 5.74) is 4.13. The summed E-state index contributed by atoms with van der Waals surface area (Å²) in [5, 5.41) is 8.93. The summed E-state index contributed by atoms with van der Waals surface area (Å²) >= 11 is 3.54. The van der Waals surface area contributed by atoms with Crippen LogP contribution in [0.1, 0.15) is 55.5 Å². The van der Waals surface area contributed by atoms with Gasteiger partial charge in [-0.15, -0.1) is 0 Å². The number of thiol groups is 1. The van der Waals surface area contributed by atoms with E-state index in [0.29, 0.717) is 25.2 Å². The molecule has 2 fully saturated rings. The average Bonchev–Trinajstić information content (AvgIpc) is 3.41. The van der Waals surface area contributed by atoms with Crippen LogP contribution in [0, 0.1) is 24.6 Å². The Morgan fingerprint density at radius 2 is 1.57 bits per heavy atom. The molecular formula is C38H47F6N5O3S. The van der Waals surface area contributed by atoms with E-state index in [1.165, 1.54) is 0 Å². The number of hydrogen-bond acceptors (Lipinski definition) is 7. The average molecular weight is 768 g/mol. The number of hydrogen-bond donors (Lipinski definition) is 4. The van der Waals surface area contributed by atoms with Gasteiger partial charge in [-0.05, 0) is 85.7 Å². The van der Waals surface area contributed by atoms with Crippen LogP contribution in [-0.2, 0) is 22.8 Å². The van der Waals surface area contributed by atoms with Gasteiger partial charge in [0.15, 0.2) is 0 Å². The van der Waals surface area contributed by atoms with Gasteiger partial charge in [0.05, 0.1) is 22.3 Å². The number of aliphatic hydroxyl groups excluding tert-OH is 1. The van der Waals surface area contributed by atoms with E-state index < -0.39 is 23.5 Å². The number of anilines is 1. The lowest BCUT2D eigenvalue weighted by molar-refractivity contribution is -0.137. The second kappa shape index (κ2) is 19.4. The Bertz CT molecular complexity index is 1780. The highest BCUT2D eigenvalue weighted by Crippen LogP contribution is 2.43. The van der Waals surface area contributed by atoms with Crippen molar-refractivity contribution in [1.82, 2.24) is 19.2 Å². The van der Waals surface area contributed by atoms with Crippen LogP contribution in [0.3, 0.4) is 0 Å². The quantitative estimate of drug-likeness (QED) is 0.0901. The Morgan fingerprint density at radius 1 is 0.962 bits per heavy atom. The summed E-state index contributed by atoms with van der Waals surface area (Å²) in [6.45, 7) is 5.02. The fraction of sp³-hybridized carbons (Fsp3) is 0.447. The van der Waals surface area contributed by atoms with Crippen LogP contribution in [0.4, 0.5) is 32.0 Å². The van der Waals surface area contributed by atoms with Crippen molar-refractivity contribution in [3.63, 3.8) is 0 Å². The topological polar surface area (TPSA) is 99.5 Å². The minimum atomic E-state index is -4.58. The van der Waals surface area contributed by atoms with Gasteiger partial charge < -0.3 is 19.8 Å². The third kappa shape index (κ3) is 11.3. The third-order valence-electron chi connectivity index (χ3n) is 9.78. The smallest absolute Gasteiger partial charge is 0.400 e. The number of benzene rings is 3. The van der Waals surface area contributed by atoms with Gasteiger partial charge in [0.2, 0.25) is 6.41 Å². The number of rotatable bonds is 6. The summed E-state index contributed by atoms with van der Waals surface area (Å²) in [6, 6.07) is 17.0. The number of imidazole rings is 1. The van der Waals surface area contributed by atoms with Gasteiger partial charge in [-0.2, -0.15) is 13.2 Å². The van der Waals surface area contributed by atoms with E-state index in [9.17, 15) is 35.9 Å². The van der Waals surface area contributed by atoms with E-state index in [1.54, 1.807) is 7.05 Å². The molecule has 1 saturated carbocycles. The molecule has 3 aromatic carbocycles. The predicted octanol–water partition coefficient (Wildman–Crippen LogP) is 8.05. The third-order valence-corrected chi connectivity index (χ3v) is 9.78. The molecule has 0 spiro atoms. The fourth-order valence-electron chi connectivity index (χ4n) is 6.93. The van der Waals surface area contributed by atoms with Crippen LogP contribution < -0.4 is 10.0 Å². The van der Waals surface area contributed by atoms with Gasteiger partial charge in [0.25, 0.3) is 5.92 Å². The van der Waals surface area contributed by atoms with Crippen LogP contribution in [-0.4, -0.2) is 71.5 Å². The van der Waals surface area contributed by atoms with Crippen LogP contribution in [0.5, 0.6) is 0 Å². The zero-order valence-corrected chi connectivity index (χ0v) is 31.2. The second-order valence-corrected chi connectivity index (χ2v) is 13.5. The molecule has 6 rings (SSSR count). The van der Waals surface area contributed by atoms with Gasteiger partial charge >= 0.3 is 6.18 Å². The molecule has 15 heteroatoms. The van der Waals surface area contributed by atoms with Crippen LogP contribution in [0.15, 0.2) is 60.7 Å². The van der Waals surface area contributed by atoms with E-state index in [4.69, 9.17) is 5.11 Å². The molecule has 1 amide bonds. The van der Waals surface area contributed by atoms with Gasteiger partial charge in [0.1, 0.15) is 17.9 Å². The molecule has 2 heterocycles. The highest BCUT2D eigenvalue weighted by atomic mass is 32.1. The molecule has 8 nitrogen and oxygen atoms in total. The summed E-state index contributed by atoms with van der Waals surface area (Å²) in [7, 11) is 4.76. The zero-order valence-electron chi connectivity index (χ0n) is 30.3. The maximum Gasteiger partial charge on any atom is 0.416 e. The molecule has 290 valence electrons. The Morgan fingerprint density at radius 3 is 2.11 bits per heavy atom. The number of halogens is 6. The van der Waals surface area contributed by atoms with Crippen molar-refractivity contribution >= 4 is 42.2 Å². The maximum atomic E-state index is 13.7. The molecule has 53 heavy (non-hydrogen) atoms. The largest absolute Gasteiger partial charge is 0.416 e. The summed E-state index contributed by atoms with van der Waals surface area (Å²) in [4.78, 5) is 28.8. The SMILES string of the molecule is CNS.CO.Cc1nc2cc(-c3ccc([C@@H]4C[C@H](N5CCC(F)(F)CC5)C[C@H](C)C4C=O)cc3)ccc2n1C.O=CNc1ccc(C(F)(F)F)cc1F. The Kier molecular flexibility index (Phi) is 15.9. The highest BCUT2D eigenvalue weighted by molar-refractivity contribution is 7.78. The number of aromatic nitrogens is 2. The minimum Gasteiger partial charge on any atom is -0.400 e. The van der Waals surface area contributed by atoms with Crippen molar-refractivity contribution < 1.29 is 41.0 Å². The Balaban J connectivity index is 0.000000333. The van der Waals surface area contributed by atoms with E-state index in [0.717, 1.165) is 65.9 Å². The maximum absolute atomic E-state index is 13.7. The number of alkyl halides is 5. The molecule has 1 aliphatic carbocycles. The first-order valence-electron chi connectivity index (χ1n) is 17.1. The molecule has 4 atom stereocenters. The Labute approximate surface area is 311 Å². The molecule has 1 saturated heterocycles. The van der Waals surface area contributed by atoms with Crippen LogP contribution in [0.2, 0.25) is 0 Å². The molecule has 0 bridgehead atoms. The molecule has 1 aromatic heterocycles. The lowest BCUT2D eigenvalue weighted by atomic mass is 9.68. The van der Waals surface area contributed by atoms with E-state index in [2.05, 4.69) is 81.4 Å². The van der Waals surface area contributed by atoms with Crippen molar-refractivity contribution in [3.8, 4) is 11.1 Å². The standard InChI is InChI=1S/C28H33F2N3O.C8H5F4NO.CH5NS.CH4O/c1-18-14-23(33-12-10-28(29,30)11-13-33)16-24(25(18)17-34)21-6-4-20(5-7-21)22-8-9-27-26(15-22)31-19(2)32(27)3;9-6-3-5(8(10,11)12)1-2-7(6)13-4-14;1-2-3;1-2/h4-9,15,17-18,23-25H,10-14,16H2,1-3H3;1-4H,(H,13,14);2-3H,1H3;2H,1H3/t18-,23+,24-,25?;;;/m0.../s1. The lowest BCUT2D eigenvalue weighted by Gasteiger charge is -2.45. The monoisotopic (exact) mass is 767 g/mol. The second-order valence-electron chi connectivity index (χ2n) is 13.0. The summed E-state index contributed by atoms with van der Waals surface area (Å²) < 4.78 is 80.8. The summed E-state index contributed by atoms with van der Waals surface area (Å²) in [5.74, 6) is -2.36. The highest BCUT2D eigenvalue weighted by Gasteiger charge is 2.42. The van der Waals surface area contributed by atoms with Crippen molar-refractivity contribution in [2.24, 2.45) is 18.9 Å². The molecule has 1 unspecified atom stereocenters. The Hall–Kier alpha value is -3.92. The first kappa shape index (κ1) is 43.5. The van der Waals surface area contributed by atoms with Crippen molar-refractivity contribution in [2.75, 3.05) is 32.6 Å². The van der Waals surface area contributed by atoms with E-state index in [-0.39, 0.29) is 48.7 Å². The van der Waals surface area contributed by atoms with Gasteiger partial charge in [-0.25, -0.2) is 18.2 Å². The predicted molar refractivity (Wildman–Crippen MR) is 198 cm³/mol. The number of amides is 1. The van der Waals surface area contributed by atoms with Gasteiger partial charge in [-0.1, -0.05) is 50.1 Å². The molecular weight excluding hydrogens is 721 g/mol. The number of aliphatic hydroxyl groups is 1.